The Morgan fingerprint density at radius 1 is 1.19 bits per heavy atom. The Labute approximate surface area is 174 Å². The molecular formula is C20H17F3N6O2. The Morgan fingerprint density at radius 3 is 2.58 bits per heavy atom. The predicted octanol–water partition coefficient (Wildman–Crippen LogP) is 3.23. The molecule has 0 spiro atoms. The van der Waals surface area contributed by atoms with E-state index in [2.05, 4.69) is 15.5 Å². The van der Waals surface area contributed by atoms with Crippen molar-refractivity contribution in [3.63, 3.8) is 0 Å². The maximum atomic E-state index is 13.4. The molecule has 31 heavy (non-hydrogen) atoms. The summed E-state index contributed by atoms with van der Waals surface area (Å²) < 4.78 is 42.6. The van der Waals surface area contributed by atoms with Gasteiger partial charge in [-0.15, -0.1) is 0 Å². The number of amides is 1. The third-order valence-corrected chi connectivity index (χ3v) is 4.34. The van der Waals surface area contributed by atoms with Crippen LogP contribution in [-0.4, -0.2) is 25.5 Å². The van der Waals surface area contributed by atoms with Crippen molar-refractivity contribution in [1.29, 1.82) is 5.26 Å². The van der Waals surface area contributed by atoms with Crippen LogP contribution in [0.1, 0.15) is 33.9 Å². The summed E-state index contributed by atoms with van der Waals surface area (Å²) >= 11 is 0. The SMILES string of the molecule is Cc1cc(NC(=O)c2nn(-c3ccccc3C(F)(F)F)c(C)cc2=O)n(CCC#N)n1. The van der Waals surface area contributed by atoms with Crippen LogP contribution in [0.5, 0.6) is 0 Å². The molecule has 3 aromatic rings. The van der Waals surface area contributed by atoms with E-state index in [9.17, 15) is 22.8 Å². The Hall–Kier alpha value is -3.94. The molecule has 0 saturated heterocycles. The lowest BCUT2D eigenvalue weighted by Crippen LogP contribution is -2.28. The second-order valence-electron chi connectivity index (χ2n) is 6.68. The largest absolute Gasteiger partial charge is 0.418 e. The zero-order valence-corrected chi connectivity index (χ0v) is 16.6. The van der Waals surface area contributed by atoms with Gasteiger partial charge in [-0.05, 0) is 26.0 Å². The van der Waals surface area contributed by atoms with Crippen molar-refractivity contribution in [2.24, 2.45) is 0 Å². The molecule has 1 N–H and O–H groups in total. The molecule has 0 saturated carbocycles. The molecule has 0 bridgehead atoms. The van der Waals surface area contributed by atoms with Crippen LogP contribution >= 0.6 is 0 Å². The quantitative estimate of drug-likeness (QED) is 0.669. The fraction of sp³-hybridized carbons (Fsp3) is 0.250. The zero-order valence-electron chi connectivity index (χ0n) is 16.6. The summed E-state index contributed by atoms with van der Waals surface area (Å²) in [4.78, 5) is 25.1. The normalized spacial score (nSPS) is 11.2. The summed E-state index contributed by atoms with van der Waals surface area (Å²) in [5.74, 6) is -0.664. The number of rotatable bonds is 5. The number of hydrogen-bond acceptors (Lipinski definition) is 5. The molecule has 2 aromatic heterocycles. The van der Waals surface area contributed by atoms with Crippen molar-refractivity contribution in [3.05, 3.63) is 69.3 Å². The standard InChI is InChI=1S/C20H17F3N6O2/c1-12-10-17(28(26-12)9-5-8-24)25-19(31)18-16(30)11-13(2)29(27-18)15-7-4-3-6-14(15)20(21,22)23/h3-4,6-7,10-11H,5,9H2,1-2H3,(H,25,31). The number of carbonyl (C=O) groups is 1. The van der Waals surface area contributed by atoms with Gasteiger partial charge in [-0.25, -0.2) is 9.36 Å². The van der Waals surface area contributed by atoms with Gasteiger partial charge in [-0.3, -0.25) is 9.59 Å². The van der Waals surface area contributed by atoms with Crippen molar-refractivity contribution in [2.75, 3.05) is 5.32 Å². The number of carbonyl (C=O) groups excluding carboxylic acids is 1. The van der Waals surface area contributed by atoms with Crippen molar-refractivity contribution in [3.8, 4) is 11.8 Å². The summed E-state index contributed by atoms with van der Waals surface area (Å²) in [6, 6.07) is 9.30. The van der Waals surface area contributed by atoms with Crippen molar-refractivity contribution in [2.45, 2.75) is 33.0 Å². The summed E-state index contributed by atoms with van der Waals surface area (Å²) in [5, 5.41) is 19.3. The first-order valence-corrected chi connectivity index (χ1v) is 9.12. The van der Waals surface area contributed by atoms with Gasteiger partial charge in [-0.1, -0.05) is 12.1 Å². The van der Waals surface area contributed by atoms with Gasteiger partial charge in [0.1, 0.15) is 5.82 Å². The minimum absolute atomic E-state index is 0.133. The highest BCUT2D eigenvalue weighted by Crippen LogP contribution is 2.33. The average molecular weight is 430 g/mol. The van der Waals surface area contributed by atoms with E-state index in [1.54, 1.807) is 13.0 Å². The van der Waals surface area contributed by atoms with Crippen LogP contribution in [0, 0.1) is 25.2 Å². The highest BCUT2D eigenvalue weighted by atomic mass is 19.4. The monoisotopic (exact) mass is 430 g/mol. The second kappa shape index (κ2) is 8.43. The molecule has 11 heteroatoms. The number of hydrogen-bond donors (Lipinski definition) is 1. The number of anilines is 1. The van der Waals surface area contributed by atoms with Crippen LogP contribution in [0.3, 0.4) is 0 Å². The highest BCUT2D eigenvalue weighted by Gasteiger charge is 2.34. The Kier molecular flexibility index (Phi) is 5.92. The number of aromatic nitrogens is 4. The van der Waals surface area contributed by atoms with Crippen molar-refractivity contribution in [1.82, 2.24) is 19.6 Å². The van der Waals surface area contributed by atoms with Gasteiger partial charge >= 0.3 is 6.18 Å². The number of alkyl halides is 3. The Balaban J connectivity index is 2.03. The van der Waals surface area contributed by atoms with Crippen LogP contribution in [0.2, 0.25) is 0 Å². The average Bonchev–Trinajstić information content (AvgIpc) is 3.04. The van der Waals surface area contributed by atoms with E-state index >= 15 is 0 Å². The first kappa shape index (κ1) is 21.8. The van der Waals surface area contributed by atoms with Crippen LogP contribution < -0.4 is 10.7 Å². The Bertz CT molecular complexity index is 1240. The zero-order chi connectivity index (χ0) is 22.8. The summed E-state index contributed by atoms with van der Waals surface area (Å²) in [6.07, 6.45) is -4.51. The second-order valence-corrected chi connectivity index (χ2v) is 6.68. The maximum absolute atomic E-state index is 13.4. The summed E-state index contributed by atoms with van der Waals surface area (Å²) in [6.45, 7) is 3.32. The fourth-order valence-electron chi connectivity index (χ4n) is 2.99. The van der Waals surface area contributed by atoms with Gasteiger partial charge in [-0.2, -0.15) is 28.6 Å². The molecule has 8 nitrogen and oxygen atoms in total. The lowest BCUT2D eigenvalue weighted by atomic mass is 10.1. The minimum atomic E-state index is -4.65. The van der Waals surface area contributed by atoms with Crippen LogP contribution in [-0.2, 0) is 12.7 Å². The van der Waals surface area contributed by atoms with Gasteiger partial charge in [0.25, 0.3) is 5.91 Å². The van der Waals surface area contributed by atoms with Gasteiger partial charge in [0, 0.05) is 17.8 Å². The molecule has 0 radical (unpaired) electrons. The number of benzene rings is 1. The summed E-state index contributed by atoms with van der Waals surface area (Å²) in [5.41, 5.74) is -1.87. The molecule has 160 valence electrons. The van der Waals surface area contributed by atoms with Gasteiger partial charge < -0.3 is 5.32 Å². The summed E-state index contributed by atoms with van der Waals surface area (Å²) in [7, 11) is 0. The first-order chi connectivity index (χ1) is 14.6. The third-order valence-electron chi connectivity index (χ3n) is 4.34. The third kappa shape index (κ3) is 4.63. The molecule has 2 heterocycles. The molecule has 1 amide bonds. The van der Waals surface area contributed by atoms with E-state index in [-0.39, 0.29) is 30.2 Å². The lowest BCUT2D eigenvalue weighted by Gasteiger charge is -2.16. The van der Waals surface area contributed by atoms with Gasteiger partial charge in [0.15, 0.2) is 5.69 Å². The van der Waals surface area contributed by atoms with E-state index in [0.717, 1.165) is 16.8 Å². The van der Waals surface area contributed by atoms with E-state index in [1.165, 1.54) is 29.8 Å². The van der Waals surface area contributed by atoms with Crippen molar-refractivity contribution >= 4 is 11.7 Å². The van der Waals surface area contributed by atoms with E-state index < -0.39 is 28.8 Å². The number of nitrogens with zero attached hydrogens (tertiary/aromatic N) is 5. The van der Waals surface area contributed by atoms with Gasteiger partial charge in [0.05, 0.1) is 36.0 Å². The number of para-hydroxylation sites is 1. The van der Waals surface area contributed by atoms with E-state index in [4.69, 9.17) is 5.26 Å². The molecule has 0 aliphatic carbocycles. The van der Waals surface area contributed by atoms with Crippen LogP contribution in [0.4, 0.5) is 19.0 Å². The minimum Gasteiger partial charge on any atom is -0.305 e. The fourth-order valence-corrected chi connectivity index (χ4v) is 2.99. The van der Waals surface area contributed by atoms with E-state index in [0.29, 0.717) is 5.69 Å². The lowest BCUT2D eigenvalue weighted by molar-refractivity contribution is -0.137. The molecule has 0 aliphatic heterocycles. The highest BCUT2D eigenvalue weighted by molar-refractivity contribution is 6.02. The topological polar surface area (TPSA) is 106 Å². The Morgan fingerprint density at radius 2 is 1.90 bits per heavy atom. The molecular weight excluding hydrogens is 413 g/mol. The molecule has 0 aliphatic rings. The molecule has 0 atom stereocenters. The maximum Gasteiger partial charge on any atom is 0.418 e. The molecule has 3 rings (SSSR count). The predicted molar refractivity (Wildman–Crippen MR) is 105 cm³/mol. The smallest absolute Gasteiger partial charge is 0.305 e. The number of nitriles is 1. The number of halogens is 3. The number of aryl methyl sites for hydroxylation is 3. The van der Waals surface area contributed by atoms with E-state index in [1.807, 2.05) is 6.07 Å². The molecule has 0 fully saturated rings. The van der Waals surface area contributed by atoms with Crippen LogP contribution in [0.15, 0.2) is 41.2 Å². The number of nitrogens with one attached hydrogen (secondary N) is 1. The van der Waals surface area contributed by atoms with Crippen LogP contribution in [0.25, 0.3) is 5.69 Å². The first-order valence-electron chi connectivity index (χ1n) is 9.12. The molecule has 0 unspecified atom stereocenters. The molecule has 1 aromatic carbocycles. The van der Waals surface area contributed by atoms with Gasteiger partial charge in [0.2, 0.25) is 5.43 Å². The van der Waals surface area contributed by atoms with Crippen molar-refractivity contribution < 1.29 is 18.0 Å².